The van der Waals surface area contributed by atoms with Crippen molar-refractivity contribution in [3.8, 4) is 11.5 Å². The van der Waals surface area contributed by atoms with E-state index in [1.165, 1.54) is 24.6 Å². The number of nitrogens with zero attached hydrogens (tertiary/aromatic N) is 1. The Balaban J connectivity index is 2.73. The fourth-order valence-corrected chi connectivity index (χ4v) is 5.57. The molecule has 1 aromatic rings. The van der Waals surface area contributed by atoms with Gasteiger partial charge in [-0.15, -0.1) is 6.58 Å². The van der Waals surface area contributed by atoms with Crippen molar-refractivity contribution in [1.29, 1.82) is 0 Å². The minimum Gasteiger partial charge on any atom is -0.493 e. The van der Waals surface area contributed by atoms with Gasteiger partial charge in [-0.2, -0.15) is 0 Å². The molecule has 1 amide bonds. The standard InChI is InChI=1S/C22H32N2O5S/c1-9-10-24-17-12-19(29-8)18(28-7)11-16(17)15(6)21(30(24,26)27)22(25)23-20(13(2)3)14(4)5/h9,11-14,20H,1,10H2,2-8H3,(H,23,25). The van der Waals surface area contributed by atoms with Gasteiger partial charge in [-0.1, -0.05) is 33.8 Å². The largest absolute Gasteiger partial charge is 0.493 e. The van der Waals surface area contributed by atoms with Gasteiger partial charge in [0.1, 0.15) is 0 Å². The van der Waals surface area contributed by atoms with Crippen molar-refractivity contribution in [3.05, 3.63) is 35.3 Å². The Hall–Kier alpha value is -2.48. The van der Waals surface area contributed by atoms with Gasteiger partial charge in [0, 0.05) is 17.7 Å². The Morgan fingerprint density at radius 1 is 1.13 bits per heavy atom. The number of fused-ring (bicyclic) bond motifs is 1. The molecule has 1 N–H and O–H groups in total. The molecule has 0 radical (unpaired) electrons. The van der Waals surface area contributed by atoms with Crippen LogP contribution >= 0.6 is 0 Å². The van der Waals surface area contributed by atoms with Gasteiger partial charge in [0.15, 0.2) is 16.4 Å². The van der Waals surface area contributed by atoms with Crippen molar-refractivity contribution >= 4 is 27.2 Å². The molecule has 0 saturated heterocycles. The van der Waals surface area contributed by atoms with Crippen LogP contribution in [-0.2, 0) is 14.8 Å². The number of sulfonamides is 1. The molecule has 166 valence electrons. The molecular formula is C22H32N2O5S. The maximum Gasteiger partial charge on any atom is 0.270 e. The summed E-state index contributed by atoms with van der Waals surface area (Å²) >= 11 is 0. The molecular weight excluding hydrogens is 404 g/mol. The summed E-state index contributed by atoms with van der Waals surface area (Å²) in [6.45, 7) is 13.3. The summed E-state index contributed by atoms with van der Waals surface area (Å²) in [5.41, 5.74) is 1.39. The van der Waals surface area contributed by atoms with E-state index < -0.39 is 15.9 Å². The quantitative estimate of drug-likeness (QED) is 0.630. The molecule has 7 nitrogen and oxygen atoms in total. The minimum atomic E-state index is -4.10. The number of nitrogens with one attached hydrogen (secondary N) is 1. The first-order chi connectivity index (χ1) is 14.0. The highest BCUT2D eigenvalue weighted by atomic mass is 32.2. The van der Waals surface area contributed by atoms with Crippen LogP contribution in [0.1, 0.15) is 40.2 Å². The molecule has 2 rings (SSSR count). The fraction of sp³-hybridized carbons (Fsp3) is 0.500. The molecule has 0 atom stereocenters. The lowest BCUT2D eigenvalue weighted by molar-refractivity contribution is -0.118. The first-order valence-electron chi connectivity index (χ1n) is 9.92. The first kappa shape index (κ1) is 23.8. The molecule has 1 heterocycles. The van der Waals surface area contributed by atoms with E-state index >= 15 is 0 Å². The lowest BCUT2D eigenvalue weighted by atomic mass is 9.93. The van der Waals surface area contributed by atoms with Gasteiger partial charge in [0.25, 0.3) is 15.9 Å². The molecule has 0 fully saturated rings. The maximum atomic E-state index is 13.5. The molecule has 0 saturated carbocycles. The SMILES string of the molecule is C=CCN1c2cc(OC)c(OC)cc2C(C)=C(C(=O)NC(C(C)C)C(C)C)S1(=O)=O. The van der Waals surface area contributed by atoms with Crippen LogP contribution < -0.4 is 19.1 Å². The van der Waals surface area contributed by atoms with E-state index in [9.17, 15) is 13.2 Å². The summed E-state index contributed by atoms with van der Waals surface area (Å²) in [5, 5.41) is 2.93. The topological polar surface area (TPSA) is 84.9 Å². The number of benzene rings is 1. The summed E-state index contributed by atoms with van der Waals surface area (Å²) in [4.78, 5) is 13.0. The number of hydrogen-bond acceptors (Lipinski definition) is 5. The van der Waals surface area contributed by atoms with E-state index in [1.54, 1.807) is 19.1 Å². The van der Waals surface area contributed by atoms with E-state index in [0.717, 1.165) is 0 Å². The van der Waals surface area contributed by atoms with E-state index in [1.807, 2.05) is 27.7 Å². The Morgan fingerprint density at radius 2 is 1.67 bits per heavy atom. The highest BCUT2D eigenvalue weighted by Gasteiger charge is 2.40. The molecule has 0 aromatic heterocycles. The Labute approximate surface area is 179 Å². The van der Waals surface area contributed by atoms with E-state index in [4.69, 9.17) is 9.47 Å². The van der Waals surface area contributed by atoms with E-state index in [2.05, 4.69) is 11.9 Å². The summed E-state index contributed by atoms with van der Waals surface area (Å²) in [6.07, 6.45) is 1.49. The number of allylic oxidation sites excluding steroid dienone is 1. The van der Waals surface area contributed by atoms with Crippen molar-refractivity contribution in [2.75, 3.05) is 25.1 Å². The Morgan fingerprint density at radius 3 is 2.13 bits per heavy atom. The molecule has 8 heteroatoms. The van der Waals surface area contributed by atoms with Gasteiger partial charge in [-0.25, -0.2) is 8.42 Å². The van der Waals surface area contributed by atoms with Crippen molar-refractivity contribution in [2.24, 2.45) is 11.8 Å². The average molecular weight is 437 g/mol. The predicted octanol–water partition coefficient (Wildman–Crippen LogP) is 3.57. The third-order valence-electron chi connectivity index (χ3n) is 5.30. The van der Waals surface area contributed by atoms with Crippen molar-refractivity contribution in [3.63, 3.8) is 0 Å². The smallest absolute Gasteiger partial charge is 0.270 e. The zero-order chi connectivity index (χ0) is 22.8. The van der Waals surface area contributed by atoms with E-state index in [0.29, 0.717) is 28.3 Å². The number of ether oxygens (including phenoxy) is 2. The van der Waals surface area contributed by atoms with Crippen LogP contribution in [0.5, 0.6) is 11.5 Å². The Bertz CT molecular complexity index is 956. The second kappa shape index (κ2) is 9.12. The molecule has 1 aliphatic heterocycles. The zero-order valence-electron chi connectivity index (χ0n) is 18.8. The molecule has 0 aliphatic carbocycles. The summed E-state index contributed by atoms with van der Waals surface area (Å²) in [7, 11) is -1.10. The lowest BCUT2D eigenvalue weighted by Crippen LogP contribution is -2.47. The Kier molecular flexibility index (Phi) is 7.23. The van der Waals surface area contributed by atoms with Gasteiger partial charge in [-0.3, -0.25) is 9.10 Å². The van der Waals surface area contributed by atoms with Crippen LogP contribution in [-0.4, -0.2) is 41.1 Å². The summed E-state index contributed by atoms with van der Waals surface area (Å²) in [5.74, 6) is 0.565. The third kappa shape index (κ3) is 4.19. The first-order valence-corrected chi connectivity index (χ1v) is 11.4. The van der Waals surface area contributed by atoms with Gasteiger partial charge in [0.2, 0.25) is 0 Å². The lowest BCUT2D eigenvalue weighted by Gasteiger charge is -2.34. The fourth-order valence-electron chi connectivity index (χ4n) is 3.85. The maximum absolute atomic E-state index is 13.5. The van der Waals surface area contributed by atoms with Crippen LogP contribution in [0.4, 0.5) is 5.69 Å². The number of rotatable bonds is 8. The second-order valence-electron chi connectivity index (χ2n) is 7.99. The zero-order valence-corrected chi connectivity index (χ0v) is 19.6. The number of carbonyl (C=O) groups excluding carboxylic acids is 1. The van der Waals surface area contributed by atoms with Gasteiger partial charge < -0.3 is 14.8 Å². The summed E-state index contributed by atoms with van der Waals surface area (Å²) < 4.78 is 38.9. The number of amides is 1. The van der Waals surface area contributed by atoms with Crippen LogP contribution in [0.3, 0.4) is 0 Å². The molecule has 30 heavy (non-hydrogen) atoms. The second-order valence-corrected chi connectivity index (χ2v) is 9.79. The molecule has 1 aliphatic rings. The molecule has 0 unspecified atom stereocenters. The monoisotopic (exact) mass is 436 g/mol. The highest BCUT2D eigenvalue weighted by Crippen LogP contribution is 2.44. The normalized spacial score (nSPS) is 15.5. The number of carbonyl (C=O) groups is 1. The third-order valence-corrected chi connectivity index (χ3v) is 7.23. The molecule has 0 spiro atoms. The van der Waals surface area contributed by atoms with Gasteiger partial charge in [-0.05, 0) is 30.4 Å². The van der Waals surface area contributed by atoms with E-state index in [-0.39, 0.29) is 29.3 Å². The van der Waals surface area contributed by atoms with Crippen LogP contribution in [0.2, 0.25) is 0 Å². The van der Waals surface area contributed by atoms with Crippen molar-refractivity contribution in [1.82, 2.24) is 5.32 Å². The predicted molar refractivity (Wildman–Crippen MR) is 120 cm³/mol. The van der Waals surface area contributed by atoms with Gasteiger partial charge >= 0.3 is 0 Å². The molecule has 0 bridgehead atoms. The van der Waals surface area contributed by atoms with Crippen LogP contribution in [0.15, 0.2) is 29.7 Å². The highest BCUT2D eigenvalue weighted by molar-refractivity contribution is 7.97. The average Bonchev–Trinajstić information content (AvgIpc) is 2.67. The summed E-state index contributed by atoms with van der Waals surface area (Å²) in [6, 6.07) is 3.15. The number of methoxy groups -OCH3 is 2. The van der Waals surface area contributed by atoms with Crippen molar-refractivity contribution < 1.29 is 22.7 Å². The van der Waals surface area contributed by atoms with Crippen LogP contribution in [0, 0.1) is 11.8 Å². The molecule has 1 aromatic carbocycles. The number of anilines is 1. The van der Waals surface area contributed by atoms with Gasteiger partial charge in [0.05, 0.1) is 26.5 Å². The number of hydrogen-bond donors (Lipinski definition) is 1. The van der Waals surface area contributed by atoms with Crippen LogP contribution in [0.25, 0.3) is 5.57 Å². The minimum absolute atomic E-state index is 0.0205. The van der Waals surface area contributed by atoms with Crippen molar-refractivity contribution in [2.45, 2.75) is 40.7 Å².